The van der Waals surface area contributed by atoms with Crippen LogP contribution in [0.25, 0.3) is 11.0 Å². The van der Waals surface area contributed by atoms with Gasteiger partial charge in [-0.3, -0.25) is 4.79 Å². The number of pyridine rings is 1. The topological polar surface area (TPSA) is 67.6 Å². The fourth-order valence-electron chi connectivity index (χ4n) is 3.37. The maximum Gasteiger partial charge on any atom is 0.229 e. The van der Waals surface area contributed by atoms with Crippen LogP contribution in [0.5, 0.6) is 5.75 Å². The van der Waals surface area contributed by atoms with E-state index in [4.69, 9.17) is 9.15 Å². The molecule has 6 heteroatoms. The monoisotopic (exact) mass is 351 g/mol. The fraction of sp³-hybridized carbons (Fsp3) is 0.300. The molecule has 1 amide bonds. The number of nitrogens with one attached hydrogen (secondary N) is 1. The molecule has 0 bridgehead atoms. The van der Waals surface area contributed by atoms with Gasteiger partial charge < -0.3 is 19.4 Å². The molecule has 0 unspecified atom stereocenters. The lowest BCUT2D eigenvalue weighted by molar-refractivity contribution is -0.115. The number of fused-ring (bicyclic) bond motifs is 1. The first-order valence-corrected chi connectivity index (χ1v) is 8.78. The molecular formula is C20H21N3O3. The molecule has 0 aliphatic carbocycles. The van der Waals surface area contributed by atoms with Gasteiger partial charge in [0.05, 0.1) is 25.5 Å². The minimum atomic E-state index is -0.0861. The van der Waals surface area contributed by atoms with Gasteiger partial charge in [0, 0.05) is 36.3 Å². The molecule has 1 N–H and O–H groups in total. The second kappa shape index (κ2) is 7.07. The summed E-state index contributed by atoms with van der Waals surface area (Å²) in [4.78, 5) is 19.3. The lowest BCUT2D eigenvalue weighted by Gasteiger charge is -2.19. The van der Waals surface area contributed by atoms with Crippen molar-refractivity contribution in [3.63, 3.8) is 0 Å². The van der Waals surface area contributed by atoms with Crippen molar-refractivity contribution in [1.29, 1.82) is 0 Å². The minimum absolute atomic E-state index is 0.0861. The van der Waals surface area contributed by atoms with Crippen LogP contribution in [0, 0.1) is 0 Å². The number of aromatic nitrogens is 1. The van der Waals surface area contributed by atoms with E-state index in [0.29, 0.717) is 5.58 Å². The van der Waals surface area contributed by atoms with Crippen LogP contribution in [0.2, 0.25) is 0 Å². The Morgan fingerprint density at radius 3 is 2.96 bits per heavy atom. The first-order valence-electron chi connectivity index (χ1n) is 8.78. The van der Waals surface area contributed by atoms with Gasteiger partial charge in [-0.05, 0) is 37.1 Å². The Bertz CT molecular complexity index is 929. The summed E-state index contributed by atoms with van der Waals surface area (Å²) in [7, 11) is 1.62. The molecule has 2 aromatic heterocycles. The predicted molar refractivity (Wildman–Crippen MR) is 101 cm³/mol. The van der Waals surface area contributed by atoms with Crippen LogP contribution in [0.1, 0.15) is 18.4 Å². The Morgan fingerprint density at radius 2 is 2.15 bits per heavy atom. The Morgan fingerprint density at radius 1 is 1.31 bits per heavy atom. The Hall–Kier alpha value is -3.02. The summed E-state index contributed by atoms with van der Waals surface area (Å²) in [6.07, 6.45) is 5.96. The molecule has 0 radical (unpaired) electrons. The van der Waals surface area contributed by atoms with Gasteiger partial charge in [-0.2, -0.15) is 0 Å². The van der Waals surface area contributed by atoms with Crippen LogP contribution in [0.4, 0.5) is 11.5 Å². The number of rotatable bonds is 5. The van der Waals surface area contributed by atoms with E-state index >= 15 is 0 Å². The maximum atomic E-state index is 12.6. The molecule has 3 aromatic rings. The fourth-order valence-corrected chi connectivity index (χ4v) is 3.37. The summed E-state index contributed by atoms with van der Waals surface area (Å²) in [6.45, 7) is 1.96. The van der Waals surface area contributed by atoms with Crippen LogP contribution < -0.4 is 15.0 Å². The molecule has 134 valence electrons. The van der Waals surface area contributed by atoms with Crippen LogP contribution in [0.15, 0.2) is 47.2 Å². The summed E-state index contributed by atoms with van der Waals surface area (Å²) in [5, 5.41) is 3.93. The van der Waals surface area contributed by atoms with Gasteiger partial charge >= 0.3 is 0 Å². The average Bonchev–Trinajstić information content (AvgIpc) is 3.32. The van der Waals surface area contributed by atoms with Crippen molar-refractivity contribution in [2.45, 2.75) is 19.3 Å². The van der Waals surface area contributed by atoms with Crippen molar-refractivity contribution in [1.82, 2.24) is 4.98 Å². The van der Waals surface area contributed by atoms with Crippen molar-refractivity contribution < 1.29 is 13.9 Å². The van der Waals surface area contributed by atoms with Gasteiger partial charge in [-0.15, -0.1) is 0 Å². The molecule has 4 rings (SSSR count). The maximum absolute atomic E-state index is 12.6. The second-order valence-electron chi connectivity index (χ2n) is 6.42. The van der Waals surface area contributed by atoms with Gasteiger partial charge in [0.2, 0.25) is 5.91 Å². The number of anilines is 2. The smallest absolute Gasteiger partial charge is 0.229 e. The molecule has 0 spiro atoms. The van der Waals surface area contributed by atoms with Crippen LogP contribution in [-0.2, 0) is 11.2 Å². The van der Waals surface area contributed by atoms with Crippen LogP contribution in [-0.4, -0.2) is 31.1 Å². The predicted octanol–water partition coefficient (Wildman–Crippen LogP) is 3.62. The highest BCUT2D eigenvalue weighted by Gasteiger charge is 2.18. The van der Waals surface area contributed by atoms with Gasteiger partial charge in [-0.1, -0.05) is 0 Å². The minimum Gasteiger partial charge on any atom is -0.497 e. The van der Waals surface area contributed by atoms with E-state index in [1.54, 1.807) is 19.6 Å². The molecular weight excluding hydrogens is 330 g/mol. The average molecular weight is 351 g/mol. The molecule has 3 heterocycles. The molecule has 1 aromatic carbocycles. The molecule has 1 fully saturated rings. The number of hydrogen-bond donors (Lipinski definition) is 1. The van der Waals surface area contributed by atoms with E-state index in [0.717, 1.165) is 54.1 Å². The lowest BCUT2D eigenvalue weighted by Crippen LogP contribution is -2.22. The standard InChI is InChI=1S/C20H21N3O3/c1-25-15-6-7-16-14(13-26-18(16)12-15)11-19(24)22-17-5-4-8-21-20(17)23-9-2-3-10-23/h4-8,12-13H,2-3,9-11H2,1H3,(H,22,24). The highest BCUT2D eigenvalue weighted by Crippen LogP contribution is 2.28. The first kappa shape index (κ1) is 16.4. The third-order valence-electron chi connectivity index (χ3n) is 4.68. The zero-order valence-electron chi connectivity index (χ0n) is 14.7. The summed E-state index contributed by atoms with van der Waals surface area (Å²) < 4.78 is 10.8. The van der Waals surface area contributed by atoms with Crippen LogP contribution in [0.3, 0.4) is 0 Å². The number of ether oxygens (including phenoxy) is 1. The van der Waals surface area contributed by atoms with E-state index in [9.17, 15) is 4.79 Å². The second-order valence-corrected chi connectivity index (χ2v) is 6.42. The number of carbonyl (C=O) groups is 1. The largest absolute Gasteiger partial charge is 0.497 e. The summed E-state index contributed by atoms with van der Waals surface area (Å²) >= 11 is 0. The number of methoxy groups -OCH3 is 1. The van der Waals surface area contributed by atoms with Crippen molar-refractivity contribution in [2.75, 3.05) is 30.4 Å². The first-order chi connectivity index (χ1) is 12.7. The Balaban J connectivity index is 1.51. The summed E-state index contributed by atoms with van der Waals surface area (Å²) in [5.41, 5.74) is 2.33. The molecule has 1 aliphatic rings. The van der Waals surface area contributed by atoms with Gasteiger partial charge in [0.25, 0.3) is 0 Å². The highest BCUT2D eigenvalue weighted by molar-refractivity contribution is 5.97. The number of benzene rings is 1. The SMILES string of the molecule is COc1ccc2c(CC(=O)Nc3cccnc3N3CCCC3)coc2c1. The summed E-state index contributed by atoms with van der Waals surface area (Å²) in [5.74, 6) is 1.49. The number of nitrogens with zero attached hydrogens (tertiary/aromatic N) is 2. The molecule has 26 heavy (non-hydrogen) atoms. The normalized spacial score (nSPS) is 14.0. The molecule has 1 aliphatic heterocycles. The highest BCUT2D eigenvalue weighted by atomic mass is 16.5. The number of furan rings is 1. The van der Waals surface area contributed by atoms with Gasteiger partial charge in [0.15, 0.2) is 5.82 Å². The molecule has 1 saturated heterocycles. The number of amides is 1. The van der Waals surface area contributed by atoms with E-state index in [2.05, 4.69) is 15.2 Å². The number of hydrogen-bond acceptors (Lipinski definition) is 5. The van der Waals surface area contributed by atoms with E-state index in [-0.39, 0.29) is 12.3 Å². The summed E-state index contributed by atoms with van der Waals surface area (Å²) in [6, 6.07) is 9.35. The van der Waals surface area contributed by atoms with Crippen LogP contribution >= 0.6 is 0 Å². The Labute approximate surface area is 151 Å². The van der Waals surface area contributed by atoms with Gasteiger partial charge in [-0.25, -0.2) is 4.98 Å². The van der Waals surface area contributed by atoms with E-state index < -0.39 is 0 Å². The molecule has 0 atom stereocenters. The van der Waals surface area contributed by atoms with Crippen molar-refractivity contribution in [2.24, 2.45) is 0 Å². The third kappa shape index (κ3) is 3.22. The Kier molecular flexibility index (Phi) is 4.48. The van der Waals surface area contributed by atoms with E-state index in [1.807, 2.05) is 30.3 Å². The third-order valence-corrected chi connectivity index (χ3v) is 4.68. The number of carbonyl (C=O) groups excluding carboxylic acids is 1. The van der Waals surface area contributed by atoms with E-state index in [1.165, 1.54) is 0 Å². The quantitative estimate of drug-likeness (QED) is 0.760. The zero-order valence-corrected chi connectivity index (χ0v) is 14.7. The van der Waals surface area contributed by atoms with Crippen molar-refractivity contribution in [3.8, 4) is 5.75 Å². The molecule has 6 nitrogen and oxygen atoms in total. The van der Waals surface area contributed by atoms with Crippen molar-refractivity contribution >= 4 is 28.4 Å². The van der Waals surface area contributed by atoms with Gasteiger partial charge in [0.1, 0.15) is 11.3 Å². The molecule has 0 saturated carbocycles. The zero-order chi connectivity index (χ0) is 17.9. The van der Waals surface area contributed by atoms with Crippen molar-refractivity contribution in [3.05, 3.63) is 48.4 Å². The lowest BCUT2D eigenvalue weighted by atomic mass is 10.1.